The molecule has 0 saturated carbocycles. The number of aromatic nitrogens is 3. The maximum absolute atomic E-state index is 12.7. The van der Waals surface area contributed by atoms with Crippen LogP contribution in [0.3, 0.4) is 0 Å². The van der Waals surface area contributed by atoms with E-state index < -0.39 is 0 Å². The van der Waals surface area contributed by atoms with Crippen LogP contribution in [0.25, 0.3) is 16.7 Å². The molecule has 0 aliphatic heterocycles. The largest absolute Gasteiger partial charge is 0.438 e. The maximum atomic E-state index is 12.7. The molecular weight excluding hydrogens is 382 g/mol. The van der Waals surface area contributed by atoms with E-state index in [9.17, 15) is 4.79 Å². The number of benzene rings is 2. The number of hydrogen-bond donors (Lipinski definition) is 0. The average molecular weight is 396 g/mol. The molecule has 0 fully saturated rings. The first kappa shape index (κ1) is 17.6. The molecule has 27 heavy (non-hydrogen) atoms. The second-order valence-corrected chi connectivity index (χ2v) is 6.81. The third kappa shape index (κ3) is 3.41. The Labute approximate surface area is 164 Å². The Kier molecular flexibility index (Phi) is 4.83. The number of hydrogen-bond acceptors (Lipinski definition) is 5. The van der Waals surface area contributed by atoms with E-state index in [1.54, 1.807) is 18.2 Å². The Bertz CT molecular complexity index is 1180. The first-order valence-electron chi connectivity index (χ1n) is 8.13. The highest BCUT2D eigenvalue weighted by Crippen LogP contribution is 2.30. The minimum Gasteiger partial charge on any atom is -0.438 e. The summed E-state index contributed by atoms with van der Waals surface area (Å²) in [5.41, 5.74) is 0.777. The lowest BCUT2D eigenvalue weighted by atomic mass is 10.2. The Hall–Kier alpha value is -2.83. The van der Waals surface area contributed by atoms with Crippen LogP contribution in [0.2, 0.25) is 5.02 Å². The summed E-state index contributed by atoms with van der Waals surface area (Å²) in [5.74, 6) is 1.04. The highest BCUT2D eigenvalue weighted by molar-refractivity contribution is 7.98. The number of thioether (sulfide) groups is 1. The molecule has 0 atom stereocenters. The molecule has 4 aromatic rings. The molecule has 0 amide bonds. The third-order valence-corrected chi connectivity index (χ3v) is 4.80. The number of halogens is 1. The summed E-state index contributed by atoms with van der Waals surface area (Å²) in [7, 11) is 0. The summed E-state index contributed by atoms with van der Waals surface area (Å²) < 4.78 is 7.47. The van der Waals surface area contributed by atoms with Crippen molar-refractivity contribution in [2.75, 3.05) is 6.26 Å². The number of ether oxygens (including phenoxy) is 1. The highest BCUT2D eigenvalue weighted by atomic mass is 35.5. The summed E-state index contributed by atoms with van der Waals surface area (Å²) in [6, 6.07) is 19.7. The van der Waals surface area contributed by atoms with Crippen LogP contribution in [0.4, 0.5) is 0 Å². The number of para-hydroxylation sites is 2. The molecule has 0 unspecified atom stereocenters. The fraction of sp³-hybridized carbons (Fsp3) is 0.0500. The molecule has 2 aromatic carbocycles. The zero-order valence-corrected chi connectivity index (χ0v) is 15.9. The van der Waals surface area contributed by atoms with Crippen molar-refractivity contribution in [3.63, 3.8) is 0 Å². The Morgan fingerprint density at radius 3 is 2.44 bits per heavy atom. The molecule has 0 spiro atoms. The molecule has 0 N–H and O–H groups in total. The fourth-order valence-corrected chi connectivity index (χ4v) is 3.28. The molecule has 0 saturated heterocycles. The lowest BCUT2D eigenvalue weighted by molar-refractivity contribution is 0.462. The third-order valence-electron chi connectivity index (χ3n) is 3.93. The first-order chi connectivity index (χ1) is 13.2. The van der Waals surface area contributed by atoms with E-state index in [-0.39, 0.29) is 5.56 Å². The van der Waals surface area contributed by atoms with E-state index in [4.69, 9.17) is 16.3 Å². The minimum atomic E-state index is -0.230. The quantitative estimate of drug-likeness (QED) is 0.361. The van der Waals surface area contributed by atoms with Gasteiger partial charge in [0.2, 0.25) is 5.88 Å². The topological polar surface area (TPSA) is 57.0 Å². The molecular formula is C20H14ClN3O2S. The molecule has 134 valence electrons. The Morgan fingerprint density at radius 2 is 1.70 bits per heavy atom. The molecule has 2 heterocycles. The van der Waals surface area contributed by atoms with Crippen LogP contribution in [0.5, 0.6) is 11.6 Å². The van der Waals surface area contributed by atoms with Gasteiger partial charge in [0.15, 0.2) is 10.8 Å². The van der Waals surface area contributed by atoms with E-state index in [1.165, 1.54) is 22.4 Å². The van der Waals surface area contributed by atoms with Crippen LogP contribution in [-0.2, 0) is 0 Å². The van der Waals surface area contributed by atoms with Crippen LogP contribution in [0.1, 0.15) is 0 Å². The predicted octanol–water partition coefficient (Wildman–Crippen LogP) is 4.95. The second-order valence-electron chi connectivity index (χ2n) is 5.63. The SMILES string of the molecule is CSc1nc(Oc2ccccc2)c2ccc(=O)n(-c3ccccc3Cl)c2n1. The number of pyridine rings is 1. The first-order valence-corrected chi connectivity index (χ1v) is 9.73. The summed E-state index contributed by atoms with van der Waals surface area (Å²) in [6.07, 6.45) is 1.87. The number of rotatable bonds is 4. The van der Waals surface area contributed by atoms with E-state index >= 15 is 0 Å². The normalized spacial score (nSPS) is 10.9. The zero-order chi connectivity index (χ0) is 18.8. The van der Waals surface area contributed by atoms with Gasteiger partial charge in [-0.15, -0.1) is 0 Å². The van der Waals surface area contributed by atoms with Gasteiger partial charge in [-0.05, 0) is 36.6 Å². The van der Waals surface area contributed by atoms with Crippen molar-refractivity contribution in [3.05, 3.63) is 82.1 Å². The van der Waals surface area contributed by atoms with Crippen molar-refractivity contribution in [1.29, 1.82) is 0 Å². The van der Waals surface area contributed by atoms with Crippen molar-refractivity contribution in [2.45, 2.75) is 5.16 Å². The summed E-state index contributed by atoms with van der Waals surface area (Å²) >= 11 is 7.71. The van der Waals surface area contributed by atoms with Gasteiger partial charge in [-0.25, -0.2) is 4.98 Å². The Morgan fingerprint density at radius 1 is 0.963 bits per heavy atom. The van der Waals surface area contributed by atoms with Crippen LogP contribution >= 0.6 is 23.4 Å². The van der Waals surface area contributed by atoms with Gasteiger partial charge in [0, 0.05) is 6.07 Å². The lowest BCUT2D eigenvalue weighted by Gasteiger charge is -2.14. The molecule has 0 aliphatic rings. The van der Waals surface area contributed by atoms with Gasteiger partial charge in [0.25, 0.3) is 5.56 Å². The van der Waals surface area contributed by atoms with Crippen molar-refractivity contribution in [2.24, 2.45) is 0 Å². The summed E-state index contributed by atoms with van der Waals surface area (Å²) in [5, 5.41) is 1.58. The molecule has 7 heteroatoms. The van der Waals surface area contributed by atoms with Crippen LogP contribution in [0.15, 0.2) is 76.7 Å². The molecule has 5 nitrogen and oxygen atoms in total. The number of nitrogens with zero attached hydrogens (tertiary/aromatic N) is 3. The summed E-state index contributed by atoms with van der Waals surface area (Å²) in [6.45, 7) is 0. The van der Waals surface area contributed by atoms with Crippen molar-refractivity contribution in [3.8, 4) is 17.3 Å². The summed E-state index contributed by atoms with van der Waals surface area (Å²) in [4.78, 5) is 21.7. The fourth-order valence-electron chi connectivity index (χ4n) is 2.70. The van der Waals surface area contributed by atoms with Crippen molar-refractivity contribution < 1.29 is 4.74 Å². The van der Waals surface area contributed by atoms with Gasteiger partial charge in [-0.2, -0.15) is 4.98 Å². The van der Waals surface area contributed by atoms with Gasteiger partial charge in [0.05, 0.1) is 16.1 Å². The molecule has 4 rings (SSSR count). The van der Waals surface area contributed by atoms with Gasteiger partial charge in [-0.1, -0.05) is 53.7 Å². The number of fused-ring (bicyclic) bond motifs is 1. The van der Waals surface area contributed by atoms with Crippen LogP contribution in [0, 0.1) is 0 Å². The van der Waals surface area contributed by atoms with Crippen molar-refractivity contribution >= 4 is 34.4 Å². The molecule has 0 radical (unpaired) electrons. The lowest BCUT2D eigenvalue weighted by Crippen LogP contribution is -2.19. The van der Waals surface area contributed by atoms with Gasteiger partial charge in [0.1, 0.15) is 5.75 Å². The predicted molar refractivity (Wildman–Crippen MR) is 108 cm³/mol. The molecule has 0 bridgehead atoms. The molecule has 2 aromatic heterocycles. The van der Waals surface area contributed by atoms with Crippen molar-refractivity contribution in [1.82, 2.24) is 14.5 Å². The van der Waals surface area contributed by atoms with Gasteiger partial charge < -0.3 is 4.74 Å². The molecule has 0 aliphatic carbocycles. The van der Waals surface area contributed by atoms with Gasteiger partial charge >= 0.3 is 0 Å². The standard InChI is InChI=1S/C20H14ClN3O2S/c1-27-20-22-18-14(19(23-20)26-13-7-3-2-4-8-13)11-12-17(25)24(18)16-10-6-5-9-15(16)21/h2-12H,1H3. The smallest absolute Gasteiger partial charge is 0.256 e. The van der Waals surface area contributed by atoms with Crippen LogP contribution in [-0.4, -0.2) is 20.8 Å². The van der Waals surface area contributed by atoms with Crippen LogP contribution < -0.4 is 10.3 Å². The monoisotopic (exact) mass is 395 g/mol. The van der Waals surface area contributed by atoms with Gasteiger partial charge in [-0.3, -0.25) is 9.36 Å². The second kappa shape index (κ2) is 7.42. The maximum Gasteiger partial charge on any atom is 0.256 e. The zero-order valence-electron chi connectivity index (χ0n) is 14.3. The van der Waals surface area contributed by atoms with E-state index in [0.717, 1.165) is 0 Å². The average Bonchev–Trinajstić information content (AvgIpc) is 2.69. The van der Waals surface area contributed by atoms with E-state index in [2.05, 4.69) is 9.97 Å². The highest BCUT2D eigenvalue weighted by Gasteiger charge is 2.16. The Balaban J connectivity index is 2.00. The van der Waals surface area contributed by atoms with E-state index in [1.807, 2.05) is 48.7 Å². The minimum absolute atomic E-state index is 0.230. The van der Waals surface area contributed by atoms with E-state index in [0.29, 0.717) is 38.5 Å².